The van der Waals surface area contributed by atoms with E-state index in [9.17, 15) is 0 Å². The number of halogens is 1. The van der Waals surface area contributed by atoms with Crippen LogP contribution in [0, 0.1) is 5.92 Å². The van der Waals surface area contributed by atoms with Gasteiger partial charge < -0.3 is 5.32 Å². The fraction of sp³-hybridized carbons (Fsp3) is 0.600. The van der Waals surface area contributed by atoms with Crippen LogP contribution in [-0.4, -0.2) is 12.1 Å². The van der Waals surface area contributed by atoms with Crippen molar-refractivity contribution in [2.45, 2.75) is 51.6 Å². The van der Waals surface area contributed by atoms with E-state index in [1.807, 2.05) is 0 Å². The van der Waals surface area contributed by atoms with Crippen molar-refractivity contribution in [2.24, 2.45) is 5.92 Å². The maximum absolute atomic E-state index is 3.72. The molecule has 94 valence electrons. The molecule has 1 atom stereocenters. The van der Waals surface area contributed by atoms with Crippen LogP contribution in [-0.2, 0) is 0 Å². The van der Waals surface area contributed by atoms with Crippen LogP contribution in [0.4, 0.5) is 0 Å². The molecule has 1 aromatic carbocycles. The predicted octanol–water partition coefficient (Wildman–Crippen LogP) is 4.33. The Hall–Kier alpha value is -0.340. The van der Waals surface area contributed by atoms with Gasteiger partial charge in [0.1, 0.15) is 0 Å². The second-order valence-electron chi connectivity index (χ2n) is 5.62. The molecule has 1 nitrogen and oxygen atoms in total. The topological polar surface area (TPSA) is 12.0 Å². The molecular formula is C15H22BrN. The highest BCUT2D eigenvalue weighted by Gasteiger charge is 2.31. The Morgan fingerprint density at radius 2 is 1.71 bits per heavy atom. The summed E-state index contributed by atoms with van der Waals surface area (Å²) < 4.78 is 1.17. The van der Waals surface area contributed by atoms with Crippen molar-refractivity contribution in [3.63, 3.8) is 0 Å². The zero-order chi connectivity index (χ0) is 12.4. The molecule has 0 aromatic heterocycles. The van der Waals surface area contributed by atoms with Crippen molar-refractivity contribution in [1.29, 1.82) is 0 Å². The van der Waals surface area contributed by atoms with E-state index in [1.54, 1.807) is 0 Å². The fourth-order valence-corrected chi connectivity index (χ4v) is 2.59. The highest BCUT2D eigenvalue weighted by Crippen LogP contribution is 2.37. The third-order valence-electron chi connectivity index (χ3n) is 3.98. The Bertz CT molecular complexity index is 352. The lowest BCUT2D eigenvalue weighted by Gasteiger charge is -2.39. The molecule has 0 amide bonds. The number of hydrogen-bond acceptors (Lipinski definition) is 1. The normalized spacial score (nSPS) is 25.7. The first-order valence-electron chi connectivity index (χ1n) is 6.57. The lowest BCUT2D eigenvalue weighted by Crippen LogP contribution is -2.46. The van der Waals surface area contributed by atoms with E-state index in [0.29, 0.717) is 6.04 Å². The Balaban J connectivity index is 1.81. The van der Waals surface area contributed by atoms with Gasteiger partial charge in [-0.25, -0.2) is 0 Å². The minimum atomic E-state index is 0.630. The smallest absolute Gasteiger partial charge is 0.0175 e. The maximum Gasteiger partial charge on any atom is 0.0175 e. The van der Waals surface area contributed by atoms with Gasteiger partial charge in [0.05, 0.1) is 0 Å². The fourth-order valence-electron chi connectivity index (χ4n) is 2.33. The van der Waals surface area contributed by atoms with Crippen molar-refractivity contribution in [1.82, 2.24) is 5.32 Å². The first kappa shape index (κ1) is 13.1. The van der Waals surface area contributed by atoms with Crippen LogP contribution in [0.15, 0.2) is 28.7 Å². The highest BCUT2D eigenvalue weighted by atomic mass is 79.9. The Morgan fingerprint density at radius 3 is 2.24 bits per heavy atom. The summed E-state index contributed by atoms with van der Waals surface area (Å²) in [5.74, 6) is 1.49. The number of nitrogens with one attached hydrogen (secondary N) is 1. The van der Waals surface area contributed by atoms with Gasteiger partial charge in [-0.2, -0.15) is 0 Å². The molecule has 1 aromatic rings. The van der Waals surface area contributed by atoms with E-state index in [0.717, 1.165) is 17.9 Å². The molecule has 17 heavy (non-hydrogen) atoms. The molecule has 0 spiro atoms. The van der Waals surface area contributed by atoms with Gasteiger partial charge in [-0.1, -0.05) is 41.9 Å². The first-order valence-corrected chi connectivity index (χ1v) is 7.37. The summed E-state index contributed by atoms with van der Waals surface area (Å²) in [7, 11) is 0. The Morgan fingerprint density at radius 1 is 1.12 bits per heavy atom. The van der Waals surface area contributed by atoms with E-state index in [2.05, 4.69) is 66.3 Å². The van der Waals surface area contributed by atoms with Gasteiger partial charge in [-0.05, 0) is 49.3 Å². The van der Waals surface area contributed by atoms with Gasteiger partial charge in [0.25, 0.3) is 0 Å². The van der Waals surface area contributed by atoms with E-state index in [-0.39, 0.29) is 0 Å². The Labute approximate surface area is 113 Å². The lowest BCUT2D eigenvalue weighted by atomic mass is 9.75. The van der Waals surface area contributed by atoms with Gasteiger partial charge in [0, 0.05) is 16.6 Å². The zero-order valence-electron chi connectivity index (χ0n) is 10.9. The molecule has 0 saturated heterocycles. The molecule has 1 fully saturated rings. The number of rotatable bonds is 4. The quantitative estimate of drug-likeness (QED) is 0.872. The van der Waals surface area contributed by atoms with Crippen LogP contribution >= 0.6 is 15.9 Å². The van der Waals surface area contributed by atoms with E-state index in [1.165, 1.54) is 22.9 Å². The van der Waals surface area contributed by atoms with E-state index in [4.69, 9.17) is 0 Å². The molecule has 0 radical (unpaired) electrons. The van der Waals surface area contributed by atoms with Crippen LogP contribution < -0.4 is 5.32 Å². The van der Waals surface area contributed by atoms with Gasteiger partial charge in [0.15, 0.2) is 0 Å². The minimum absolute atomic E-state index is 0.630. The van der Waals surface area contributed by atoms with Gasteiger partial charge in [-0.15, -0.1) is 0 Å². The first-order chi connectivity index (χ1) is 8.06. The zero-order valence-corrected chi connectivity index (χ0v) is 12.5. The van der Waals surface area contributed by atoms with Crippen molar-refractivity contribution in [2.75, 3.05) is 0 Å². The Kier molecular flexibility index (Phi) is 4.26. The molecule has 1 aliphatic rings. The second-order valence-corrected chi connectivity index (χ2v) is 6.53. The summed E-state index contributed by atoms with van der Waals surface area (Å²) in [6, 6.07) is 10.1. The molecule has 2 heteroatoms. The summed E-state index contributed by atoms with van der Waals surface area (Å²) in [4.78, 5) is 0. The predicted molar refractivity (Wildman–Crippen MR) is 77.3 cm³/mol. The lowest BCUT2D eigenvalue weighted by molar-refractivity contribution is 0.248. The molecular weight excluding hydrogens is 274 g/mol. The van der Waals surface area contributed by atoms with Gasteiger partial charge >= 0.3 is 0 Å². The molecule has 1 saturated carbocycles. The number of benzene rings is 1. The maximum atomic E-state index is 3.72. The van der Waals surface area contributed by atoms with Crippen LogP contribution in [0.2, 0.25) is 0 Å². The largest absolute Gasteiger partial charge is 0.311 e. The van der Waals surface area contributed by atoms with Crippen molar-refractivity contribution < 1.29 is 0 Å². The van der Waals surface area contributed by atoms with Crippen LogP contribution in [0.5, 0.6) is 0 Å². The minimum Gasteiger partial charge on any atom is -0.311 e. The third-order valence-corrected chi connectivity index (χ3v) is 4.51. The van der Waals surface area contributed by atoms with E-state index >= 15 is 0 Å². The highest BCUT2D eigenvalue weighted by molar-refractivity contribution is 9.10. The molecule has 0 aliphatic heterocycles. The molecule has 2 rings (SSSR count). The molecule has 0 bridgehead atoms. The standard InChI is InChI=1S/C15H22BrN/c1-10(2)11(3)17-15-8-13(9-15)12-4-6-14(16)7-5-12/h4-7,10-11,13,15,17H,8-9H2,1-3H3. The molecule has 1 unspecified atom stereocenters. The summed E-state index contributed by atoms with van der Waals surface area (Å²) in [5, 5.41) is 3.72. The van der Waals surface area contributed by atoms with Gasteiger partial charge in [0.2, 0.25) is 0 Å². The van der Waals surface area contributed by atoms with Crippen molar-refractivity contribution in [3.8, 4) is 0 Å². The van der Waals surface area contributed by atoms with Gasteiger partial charge in [-0.3, -0.25) is 0 Å². The molecule has 1 N–H and O–H groups in total. The van der Waals surface area contributed by atoms with Crippen LogP contribution in [0.3, 0.4) is 0 Å². The summed E-state index contributed by atoms with van der Waals surface area (Å²) in [6.45, 7) is 6.85. The van der Waals surface area contributed by atoms with Crippen LogP contribution in [0.25, 0.3) is 0 Å². The molecule has 1 aliphatic carbocycles. The number of hydrogen-bond donors (Lipinski definition) is 1. The summed E-state index contributed by atoms with van der Waals surface area (Å²) in [5.41, 5.74) is 1.49. The van der Waals surface area contributed by atoms with Crippen LogP contribution in [0.1, 0.15) is 45.1 Å². The SMILES string of the molecule is CC(C)C(C)NC1CC(c2ccc(Br)cc2)C1. The summed E-state index contributed by atoms with van der Waals surface area (Å²) in [6.07, 6.45) is 2.58. The summed E-state index contributed by atoms with van der Waals surface area (Å²) >= 11 is 3.48. The monoisotopic (exact) mass is 295 g/mol. The average Bonchev–Trinajstić information content (AvgIpc) is 2.24. The van der Waals surface area contributed by atoms with Crippen molar-refractivity contribution in [3.05, 3.63) is 34.3 Å². The molecule has 0 heterocycles. The third kappa shape index (κ3) is 3.32. The second kappa shape index (κ2) is 5.53. The van der Waals surface area contributed by atoms with Crippen molar-refractivity contribution >= 4 is 15.9 Å². The average molecular weight is 296 g/mol. The van der Waals surface area contributed by atoms with E-state index < -0.39 is 0 Å².